The third-order valence-electron chi connectivity index (χ3n) is 9.38. The number of anilines is 3. The van der Waals surface area contributed by atoms with E-state index in [0.717, 1.165) is 22.7 Å². The molecule has 0 unspecified atom stereocenters. The highest BCUT2D eigenvalue weighted by Crippen LogP contribution is 2.40. The van der Waals surface area contributed by atoms with E-state index < -0.39 is 0 Å². The standard InChI is InChI=1S/C46H32N2/c1-2-12-33(13-3-1)36-16-10-17-37(32-36)34-24-26-38(27-25-34)47(44-23-11-15-35-14-4-5-18-41(35)44)39-28-30-40(31-29-39)48-45-21-8-6-19-42(45)43-20-7-9-22-46(43)48/h1-32H. The van der Waals surface area contributed by atoms with E-state index in [-0.39, 0.29) is 0 Å². The summed E-state index contributed by atoms with van der Waals surface area (Å²) in [6.45, 7) is 0. The van der Waals surface area contributed by atoms with Gasteiger partial charge in [-0.2, -0.15) is 0 Å². The van der Waals surface area contributed by atoms with E-state index in [1.807, 2.05) is 0 Å². The number of rotatable bonds is 6. The van der Waals surface area contributed by atoms with Crippen LogP contribution in [-0.4, -0.2) is 4.57 Å². The molecule has 0 aliphatic heterocycles. The summed E-state index contributed by atoms with van der Waals surface area (Å²) in [5.41, 5.74) is 11.8. The number of aromatic nitrogens is 1. The fourth-order valence-electron chi connectivity index (χ4n) is 7.09. The van der Waals surface area contributed by atoms with Crippen LogP contribution in [0.3, 0.4) is 0 Å². The summed E-state index contributed by atoms with van der Waals surface area (Å²) < 4.78 is 2.37. The van der Waals surface area contributed by atoms with Crippen LogP contribution in [0.1, 0.15) is 0 Å². The maximum atomic E-state index is 2.38. The minimum absolute atomic E-state index is 1.11. The molecule has 9 aromatic rings. The molecule has 0 atom stereocenters. The maximum Gasteiger partial charge on any atom is 0.0541 e. The van der Waals surface area contributed by atoms with Gasteiger partial charge in [-0.1, -0.05) is 133 Å². The molecule has 2 heteroatoms. The molecule has 2 nitrogen and oxygen atoms in total. The van der Waals surface area contributed by atoms with E-state index in [4.69, 9.17) is 0 Å². The van der Waals surface area contributed by atoms with Crippen LogP contribution >= 0.6 is 0 Å². The highest BCUT2D eigenvalue weighted by atomic mass is 15.1. The molecule has 9 rings (SSSR count). The number of hydrogen-bond donors (Lipinski definition) is 0. The Morgan fingerprint density at radius 1 is 0.333 bits per heavy atom. The Morgan fingerprint density at radius 3 is 1.48 bits per heavy atom. The molecule has 1 heterocycles. The average Bonchev–Trinajstić information content (AvgIpc) is 3.50. The highest BCUT2D eigenvalue weighted by Gasteiger charge is 2.17. The zero-order valence-corrected chi connectivity index (χ0v) is 26.4. The van der Waals surface area contributed by atoms with Crippen molar-refractivity contribution in [1.29, 1.82) is 0 Å². The van der Waals surface area contributed by atoms with Gasteiger partial charge in [-0.15, -0.1) is 0 Å². The van der Waals surface area contributed by atoms with E-state index in [2.05, 4.69) is 204 Å². The minimum atomic E-state index is 1.11. The van der Waals surface area contributed by atoms with Crippen molar-refractivity contribution in [3.05, 3.63) is 194 Å². The van der Waals surface area contributed by atoms with Gasteiger partial charge in [0.2, 0.25) is 0 Å². The normalized spacial score (nSPS) is 11.3. The molecule has 0 aliphatic rings. The summed E-state index contributed by atoms with van der Waals surface area (Å²) in [7, 11) is 0. The van der Waals surface area contributed by atoms with Crippen molar-refractivity contribution in [3.8, 4) is 27.9 Å². The minimum Gasteiger partial charge on any atom is -0.310 e. The van der Waals surface area contributed by atoms with E-state index in [1.54, 1.807) is 0 Å². The zero-order chi connectivity index (χ0) is 31.9. The molecule has 0 N–H and O–H groups in total. The first kappa shape index (κ1) is 27.9. The Labute approximate surface area is 280 Å². The Balaban J connectivity index is 1.15. The van der Waals surface area contributed by atoms with Crippen LogP contribution in [0.25, 0.3) is 60.5 Å². The quantitative estimate of drug-likeness (QED) is 0.181. The Kier molecular flexibility index (Phi) is 6.84. The van der Waals surface area contributed by atoms with Gasteiger partial charge in [-0.25, -0.2) is 0 Å². The van der Waals surface area contributed by atoms with Crippen molar-refractivity contribution in [3.63, 3.8) is 0 Å². The van der Waals surface area contributed by atoms with E-state index in [1.165, 1.54) is 54.8 Å². The molecule has 0 radical (unpaired) electrons. The van der Waals surface area contributed by atoms with Crippen molar-refractivity contribution in [2.24, 2.45) is 0 Å². The Hall–Kier alpha value is -6.38. The lowest BCUT2D eigenvalue weighted by atomic mass is 9.99. The van der Waals surface area contributed by atoms with Crippen molar-refractivity contribution in [2.75, 3.05) is 4.90 Å². The molecule has 8 aromatic carbocycles. The molecule has 0 spiro atoms. The number of benzene rings is 8. The molecule has 0 amide bonds. The topological polar surface area (TPSA) is 8.17 Å². The molecule has 0 bridgehead atoms. The largest absolute Gasteiger partial charge is 0.310 e. The van der Waals surface area contributed by atoms with Gasteiger partial charge in [0.15, 0.2) is 0 Å². The summed E-state index contributed by atoms with van der Waals surface area (Å²) >= 11 is 0. The fourth-order valence-corrected chi connectivity index (χ4v) is 7.09. The Bertz CT molecular complexity index is 2480. The van der Waals surface area contributed by atoms with Gasteiger partial charge < -0.3 is 9.47 Å². The smallest absolute Gasteiger partial charge is 0.0541 e. The lowest BCUT2D eigenvalue weighted by Gasteiger charge is -2.27. The lowest BCUT2D eigenvalue weighted by Crippen LogP contribution is -2.10. The number of nitrogens with zero attached hydrogens (tertiary/aromatic N) is 2. The second kappa shape index (κ2) is 11.8. The average molecular weight is 613 g/mol. The second-order valence-electron chi connectivity index (χ2n) is 12.2. The van der Waals surface area contributed by atoms with Crippen LogP contribution in [0.4, 0.5) is 17.1 Å². The summed E-state index contributed by atoms with van der Waals surface area (Å²) in [4.78, 5) is 2.38. The summed E-state index contributed by atoms with van der Waals surface area (Å²) in [5.74, 6) is 0. The molecule has 1 aromatic heterocycles. The van der Waals surface area contributed by atoms with Crippen LogP contribution in [-0.2, 0) is 0 Å². The molecule has 0 aliphatic carbocycles. The zero-order valence-electron chi connectivity index (χ0n) is 26.4. The van der Waals surface area contributed by atoms with Gasteiger partial charge in [0.1, 0.15) is 0 Å². The van der Waals surface area contributed by atoms with Crippen molar-refractivity contribution < 1.29 is 0 Å². The molecule has 226 valence electrons. The highest BCUT2D eigenvalue weighted by molar-refractivity contribution is 6.09. The molecular weight excluding hydrogens is 581 g/mol. The number of hydrogen-bond acceptors (Lipinski definition) is 1. The first-order valence-corrected chi connectivity index (χ1v) is 16.4. The van der Waals surface area contributed by atoms with Crippen molar-refractivity contribution in [1.82, 2.24) is 4.57 Å². The third-order valence-corrected chi connectivity index (χ3v) is 9.38. The van der Waals surface area contributed by atoms with Gasteiger partial charge in [-0.05, 0) is 88.3 Å². The second-order valence-corrected chi connectivity index (χ2v) is 12.2. The van der Waals surface area contributed by atoms with Crippen molar-refractivity contribution in [2.45, 2.75) is 0 Å². The summed E-state index contributed by atoms with van der Waals surface area (Å²) in [6.07, 6.45) is 0. The van der Waals surface area contributed by atoms with E-state index in [9.17, 15) is 0 Å². The van der Waals surface area contributed by atoms with Gasteiger partial charge >= 0.3 is 0 Å². The van der Waals surface area contributed by atoms with Gasteiger partial charge in [-0.3, -0.25) is 0 Å². The van der Waals surface area contributed by atoms with Crippen LogP contribution in [0.2, 0.25) is 0 Å². The predicted octanol–water partition coefficient (Wildman–Crippen LogP) is 12.7. The van der Waals surface area contributed by atoms with Crippen LogP contribution in [0.5, 0.6) is 0 Å². The van der Waals surface area contributed by atoms with Gasteiger partial charge in [0.05, 0.1) is 16.7 Å². The monoisotopic (exact) mass is 612 g/mol. The molecular formula is C46H32N2. The molecule has 48 heavy (non-hydrogen) atoms. The first-order chi connectivity index (χ1) is 23.8. The summed E-state index contributed by atoms with van der Waals surface area (Å²) in [5, 5.41) is 4.97. The summed E-state index contributed by atoms with van der Waals surface area (Å²) in [6, 6.07) is 69.8. The van der Waals surface area contributed by atoms with Crippen LogP contribution in [0.15, 0.2) is 194 Å². The van der Waals surface area contributed by atoms with Crippen LogP contribution in [0, 0.1) is 0 Å². The maximum absolute atomic E-state index is 2.38. The molecule has 0 saturated carbocycles. The van der Waals surface area contributed by atoms with E-state index >= 15 is 0 Å². The van der Waals surface area contributed by atoms with E-state index in [0.29, 0.717) is 0 Å². The van der Waals surface area contributed by atoms with Gasteiger partial charge in [0.25, 0.3) is 0 Å². The van der Waals surface area contributed by atoms with Gasteiger partial charge in [0, 0.05) is 33.2 Å². The van der Waals surface area contributed by atoms with Crippen LogP contribution < -0.4 is 4.90 Å². The Morgan fingerprint density at radius 2 is 0.812 bits per heavy atom. The fraction of sp³-hybridized carbons (Fsp3) is 0. The SMILES string of the molecule is c1ccc(-c2cccc(-c3ccc(N(c4ccc(-n5c6ccccc6c6ccccc65)cc4)c4cccc5ccccc45)cc3)c2)cc1. The molecule has 0 fully saturated rings. The number of para-hydroxylation sites is 2. The first-order valence-electron chi connectivity index (χ1n) is 16.4. The van der Waals surface area contributed by atoms with Crippen molar-refractivity contribution >= 4 is 49.6 Å². The predicted molar refractivity (Wildman–Crippen MR) is 204 cm³/mol. The lowest BCUT2D eigenvalue weighted by molar-refractivity contribution is 1.17. The number of fused-ring (bicyclic) bond motifs is 4. The molecule has 0 saturated heterocycles. The third kappa shape index (κ3) is 4.83.